The SMILES string of the molecule is CC(C)Cc1ccc(-c2ccc(C(CC(C)C)C(C)(C)C(=O)Nc3nncs3)cc2)cc1. The summed E-state index contributed by atoms with van der Waals surface area (Å²) in [6.07, 6.45) is 2.03. The molecule has 2 aromatic carbocycles. The number of amides is 1. The van der Waals surface area contributed by atoms with E-state index >= 15 is 0 Å². The number of hydrogen-bond donors (Lipinski definition) is 1. The Hall–Kier alpha value is -2.53. The number of nitrogens with one attached hydrogen (secondary N) is 1. The van der Waals surface area contributed by atoms with E-state index in [4.69, 9.17) is 0 Å². The van der Waals surface area contributed by atoms with Crippen LogP contribution in [0.4, 0.5) is 5.13 Å². The van der Waals surface area contributed by atoms with Gasteiger partial charge < -0.3 is 5.32 Å². The molecule has 3 aromatic rings. The first-order valence-corrected chi connectivity index (χ1v) is 12.3. The first-order chi connectivity index (χ1) is 15.2. The second kappa shape index (κ2) is 10.4. The summed E-state index contributed by atoms with van der Waals surface area (Å²) in [5, 5.41) is 11.3. The van der Waals surface area contributed by atoms with Crippen LogP contribution in [0.15, 0.2) is 54.0 Å². The molecule has 5 heteroatoms. The van der Waals surface area contributed by atoms with Crippen molar-refractivity contribution in [1.29, 1.82) is 0 Å². The highest BCUT2D eigenvalue weighted by molar-refractivity contribution is 7.13. The molecule has 1 amide bonds. The van der Waals surface area contributed by atoms with Crippen LogP contribution in [0.3, 0.4) is 0 Å². The summed E-state index contributed by atoms with van der Waals surface area (Å²) in [4.78, 5) is 13.2. The predicted octanol–water partition coefficient (Wildman–Crippen LogP) is 7.20. The van der Waals surface area contributed by atoms with E-state index in [2.05, 4.69) is 91.7 Å². The topological polar surface area (TPSA) is 54.9 Å². The van der Waals surface area contributed by atoms with Gasteiger partial charge in [-0.2, -0.15) is 0 Å². The number of aromatic nitrogens is 2. The summed E-state index contributed by atoms with van der Waals surface area (Å²) < 4.78 is 0. The van der Waals surface area contributed by atoms with Gasteiger partial charge in [-0.05, 0) is 52.8 Å². The molecule has 1 N–H and O–H groups in total. The van der Waals surface area contributed by atoms with Gasteiger partial charge in [0, 0.05) is 0 Å². The third-order valence-corrected chi connectivity index (χ3v) is 6.59. The molecule has 0 fully saturated rings. The van der Waals surface area contributed by atoms with E-state index in [0.717, 1.165) is 12.8 Å². The minimum atomic E-state index is -0.587. The molecule has 32 heavy (non-hydrogen) atoms. The molecule has 170 valence electrons. The van der Waals surface area contributed by atoms with Crippen molar-refractivity contribution in [2.24, 2.45) is 17.3 Å². The van der Waals surface area contributed by atoms with Crippen LogP contribution >= 0.6 is 11.3 Å². The Kier molecular flexibility index (Phi) is 7.83. The minimum absolute atomic E-state index is 0.0234. The fourth-order valence-electron chi connectivity index (χ4n) is 4.18. The van der Waals surface area contributed by atoms with Crippen LogP contribution in [0.25, 0.3) is 11.1 Å². The van der Waals surface area contributed by atoms with Gasteiger partial charge in [-0.15, -0.1) is 10.2 Å². The Balaban J connectivity index is 1.82. The van der Waals surface area contributed by atoms with Crippen molar-refractivity contribution in [2.45, 2.75) is 60.3 Å². The monoisotopic (exact) mass is 449 g/mol. The molecule has 1 aromatic heterocycles. The molecular formula is C27H35N3OS. The number of hydrogen-bond acceptors (Lipinski definition) is 4. The average Bonchev–Trinajstić information content (AvgIpc) is 3.25. The zero-order chi connectivity index (χ0) is 23.3. The summed E-state index contributed by atoms with van der Waals surface area (Å²) in [6.45, 7) is 13.0. The highest BCUT2D eigenvalue weighted by atomic mass is 32.1. The van der Waals surface area contributed by atoms with Crippen LogP contribution in [-0.2, 0) is 11.2 Å². The molecule has 0 aliphatic heterocycles. The molecule has 0 saturated carbocycles. The second-order valence-electron chi connectivity index (χ2n) is 10.0. The van der Waals surface area contributed by atoms with Crippen molar-refractivity contribution in [3.8, 4) is 11.1 Å². The highest BCUT2D eigenvalue weighted by Gasteiger charge is 2.38. The van der Waals surface area contributed by atoms with Crippen molar-refractivity contribution < 1.29 is 4.79 Å². The third-order valence-electron chi connectivity index (χ3n) is 5.99. The van der Waals surface area contributed by atoms with Gasteiger partial charge in [0.2, 0.25) is 11.0 Å². The zero-order valence-electron chi connectivity index (χ0n) is 20.1. The van der Waals surface area contributed by atoms with E-state index in [-0.39, 0.29) is 11.8 Å². The Labute approximate surface area is 196 Å². The van der Waals surface area contributed by atoms with Crippen LogP contribution in [0.2, 0.25) is 0 Å². The standard InChI is InChI=1S/C27H35N3OS/c1-18(2)15-20-7-9-21(10-8-20)22-11-13-23(14-12-22)24(16-19(3)4)27(5,6)25(31)29-26-30-28-17-32-26/h7-14,17-19,24H,15-16H2,1-6H3,(H,29,30,31). The van der Waals surface area contributed by atoms with Crippen molar-refractivity contribution in [3.63, 3.8) is 0 Å². The van der Waals surface area contributed by atoms with E-state index in [9.17, 15) is 4.79 Å². The van der Waals surface area contributed by atoms with Gasteiger partial charge in [0.05, 0.1) is 5.41 Å². The van der Waals surface area contributed by atoms with Crippen LogP contribution in [-0.4, -0.2) is 16.1 Å². The smallest absolute Gasteiger partial charge is 0.232 e. The summed E-state index contributed by atoms with van der Waals surface area (Å²) in [5.41, 5.74) is 6.02. The maximum Gasteiger partial charge on any atom is 0.232 e. The van der Waals surface area contributed by atoms with Crippen molar-refractivity contribution in [3.05, 3.63) is 65.2 Å². The first-order valence-electron chi connectivity index (χ1n) is 11.4. The Morgan fingerprint density at radius 1 is 0.938 bits per heavy atom. The van der Waals surface area contributed by atoms with E-state index in [1.54, 1.807) is 5.51 Å². The second-order valence-corrected chi connectivity index (χ2v) is 10.9. The molecule has 1 heterocycles. The molecule has 0 aliphatic carbocycles. The number of benzene rings is 2. The number of nitrogens with zero attached hydrogens (tertiary/aromatic N) is 2. The van der Waals surface area contributed by atoms with Gasteiger partial charge >= 0.3 is 0 Å². The summed E-state index contributed by atoms with van der Waals surface area (Å²) in [5.74, 6) is 1.20. The van der Waals surface area contributed by atoms with Crippen molar-refractivity contribution in [1.82, 2.24) is 10.2 Å². The highest BCUT2D eigenvalue weighted by Crippen LogP contribution is 2.41. The zero-order valence-corrected chi connectivity index (χ0v) is 20.9. The van der Waals surface area contributed by atoms with E-state index in [1.165, 1.54) is 33.6 Å². The Bertz CT molecular complexity index is 990. The molecule has 0 aliphatic rings. The third kappa shape index (κ3) is 6.04. The van der Waals surface area contributed by atoms with Crippen molar-refractivity contribution in [2.75, 3.05) is 5.32 Å². The molecule has 0 spiro atoms. The summed E-state index contributed by atoms with van der Waals surface area (Å²) in [7, 11) is 0. The lowest BCUT2D eigenvalue weighted by Crippen LogP contribution is -2.37. The molecular weight excluding hydrogens is 414 g/mol. The van der Waals surface area contributed by atoms with E-state index in [0.29, 0.717) is 17.0 Å². The van der Waals surface area contributed by atoms with Gasteiger partial charge in [0.1, 0.15) is 5.51 Å². The lowest BCUT2D eigenvalue weighted by atomic mass is 9.70. The molecule has 1 atom stereocenters. The summed E-state index contributed by atoms with van der Waals surface area (Å²) >= 11 is 1.34. The average molecular weight is 450 g/mol. The molecule has 1 unspecified atom stereocenters. The molecule has 0 saturated heterocycles. The van der Waals surface area contributed by atoms with E-state index in [1.807, 2.05) is 13.8 Å². The van der Waals surface area contributed by atoms with Gasteiger partial charge in [-0.3, -0.25) is 4.79 Å². The number of anilines is 1. The number of rotatable bonds is 9. The van der Waals surface area contributed by atoms with Gasteiger partial charge in [0.25, 0.3) is 0 Å². The first kappa shape index (κ1) is 24.1. The fourth-order valence-corrected chi connectivity index (χ4v) is 4.62. The maximum absolute atomic E-state index is 13.2. The minimum Gasteiger partial charge on any atom is -0.300 e. The van der Waals surface area contributed by atoms with Crippen molar-refractivity contribution >= 4 is 22.4 Å². The lowest BCUT2D eigenvalue weighted by Gasteiger charge is -2.34. The van der Waals surface area contributed by atoms with Crippen LogP contribution in [0, 0.1) is 17.3 Å². The number of carbonyl (C=O) groups excluding carboxylic acids is 1. The quantitative estimate of drug-likeness (QED) is 0.376. The lowest BCUT2D eigenvalue weighted by molar-refractivity contribution is -0.125. The van der Waals surface area contributed by atoms with Gasteiger partial charge in [0.15, 0.2) is 0 Å². The van der Waals surface area contributed by atoms with Crippen LogP contribution < -0.4 is 5.32 Å². The van der Waals surface area contributed by atoms with E-state index < -0.39 is 5.41 Å². The Morgan fingerprint density at radius 3 is 2.03 bits per heavy atom. The van der Waals surface area contributed by atoms with Crippen LogP contribution in [0.1, 0.15) is 65.0 Å². The van der Waals surface area contributed by atoms with Gasteiger partial charge in [-0.1, -0.05) is 101 Å². The number of carbonyl (C=O) groups is 1. The molecule has 3 rings (SSSR count). The molecule has 0 bridgehead atoms. The normalized spacial score (nSPS) is 12.9. The van der Waals surface area contributed by atoms with Gasteiger partial charge in [-0.25, -0.2) is 0 Å². The largest absolute Gasteiger partial charge is 0.300 e. The molecule has 4 nitrogen and oxygen atoms in total. The maximum atomic E-state index is 13.2. The predicted molar refractivity (Wildman–Crippen MR) is 135 cm³/mol. The Morgan fingerprint density at radius 2 is 1.53 bits per heavy atom. The molecule has 0 radical (unpaired) electrons. The van der Waals surface area contributed by atoms with Crippen LogP contribution in [0.5, 0.6) is 0 Å². The fraction of sp³-hybridized carbons (Fsp3) is 0.444. The summed E-state index contributed by atoms with van der Waals surface area (Å²) in [6, 6.07) is 17.6.